The molecule has 0 spiro atoms. The molecule has 0 bridgehead atoms. The first-order valence-corrected chi connectivity index (χ1v) is 6.56. The summed E-state index contributed by atoms with van der Waals surface area (Å²) >= 11 is 5.83. The van der Waals surface area contributed by atoms with E-state index in [0.717, 1.165) is 18.3 Å². The number of aldehydes is 1. The molecule has 2 aromatic carbocycles. The third-order valence-electron chi connectivity index (χ3n) is 2.92. The molecular weight excluding hydrogens is 260 g/mol. The van der Waals surface area contributed by atoms with Crippen LogP contribution in [-0.2, 0) is 13.0 Å². The van der Waals surface area contributed by atoms with Crippen LogP contribution in [0.2, 0.25) is 5.02 Å². The van der Waals surface area contributed by atoms with Gasteiger partial charge < -0.3 is 4.74 Å². The second kappa shape index (κ2) is 6.39. The molecule has 0 saturated carbocycles. The van der Waals surface area contributed by atoms with Crippen LogP contribution < -0.4 is 4.74 Å². The molecule has 3 heteroatoms. The van der Waals surface area contributed by atoms with Crippen LogP contribution in [0.1, 0.15) is 28.4 Å². The maximum atomic E-state index is 10.9. The van der Waals surface area contributed by atoms with Gasteiger partial charge in [0.05, 0.1) is 5.56 Å². The van der Waals surface area contributed by atoms with Crippen LogP contribution in [0.5, 0.6) is 5.75 Å². The maximum Gasteiger partial charge on any atom is 0.153 e. The van der Waals surface area contributed by atoms with E-state index in [9.17, 15) is 4.79 Å². The van der Waals surface area contributed by atoms with Crippen LogP contribution in [0, 0.1) is 0 Å². The van der Waals surface area contributed by atoms with Gasteiger partial charge in [0.15, 0.2) is 6.29 Å². The lowest BCUT2D eigenvalue weighted by atomic mass is 10.1. The molecule has 2 rings (SSSR count). The van der Waals surface area contributed by atoms with Crippen molar-refractivity contribution in [2.24, 2.45) is 0 Å². The highest BCUT2D eigenvalue weighted by molar-refractivity contribution is 6.30. The molecule has 2 nitrogen and oxygen atoms in total. The first-order valence-electron chi connectivity index (χ1n) is 6.18. The van der Waals surface area contributed by atoms with Gasteiger partial charge in [0, 0.05) is 5.02 Å². The van der Waals surface area contributed by atoms with E-state index in [1.54, 1.807) is 18.2 Å². The van der Waals surface area contributed by atoms with Crippen LogP contribution >= 0.6 is 11.6 Å². The van der Waals surface area contributed by atoms with Crippen molar-refractivity contribution in [3.05, 3.63) is 64.2 Å². The maximum absolute atomic E-state index is 10.9. The number of hydrogen-bond acceptors (Lipinski definition) is 2. The Hall–Kier alpha value is -1.80. The Labute approximate surface area is 118 Å². The number of aryl methyl sites for hydroxylation is 1. The Morgan fingerprint density at radius 3 is 2.42 bits per heavy atom. The van der Waals surface area contributed by atoms with Gasteiger partial charge >= 0.3 is 0 Å². The van der Waals surface area contributed by atoms with Gasteiger partial charge in [-0.1, -0.05) is 42.8 Å². The zero-order chi connectivity index (χ0) is 13.7. The molecule has 0 N–H and O–H groups in total. The standard InChI is InChI=1S/C16H15ClO2/c1-2-12-3-5-13(6-4-12)11-19-16-8-7-15(17)9-14(16)10-18/h3-10H,2,11H2,1H3. The van der Waals surface area contributed by atoms with E-state index in [2.05, 4.69) is 19.1 Å². The minimum atomic E-state index is 0.437. The summed E-state index contributed by atoms with van der Waals surface area (Å²) in [6.45, 7) is 2.56. The highest BCUT2D eigenvalue weighted by Crippen LogP contribution is 2.22. The fourth-order valence-electron chi connectivity index (χ4n) is 1.78. The molecule has 0 aliphatic rings. The number of hydrogen-bond donors (Lipinski definition) is 0. The van der Waals surface area contributed by atoms with E-state index in [4.69, 9.17) is 16.3 Å². The molecule has 0 aliphatic carbocycles. The smallest absolute Gasteiger partial charge is 0.153 e. The van der Waals surface area contributed by atoms with Gasteiger partial charge in [0.25, 0.3) is 0 Å². The van der Waals surface area contributed by atoms with Gasteiger partial charge in [0.2, 0.25) is 0 Å². The average molecular weight is 275 g/mol. The summed E-state index contributed by atoms with van der Waals surface area (Å²) in [7, 11) is 0. The van der Waals surface area contributed by atoms with Crippen molar-refractivity contribution in [2.45, 2.75) is 20.0 Å². The molecular formula is C16H15ClO2. The lowest BCUT2D eigenvalue weighted by Gasteiger charge is -2.09. The molecule has 0 atom stereocenters. The van der Waals surface area contributed by atoms with Crippen molar-refractivity contribution in [1.82, 2.24) is 0 Å². The van der Waals surface area contributed by atoms with Crippen molar-refractivity contribution >= 4 is 17.9 Å². The minimum absolute atomic E-state index is 0.437. The number of carbonyl (C=O) groups is 1. The van der Waals surface area contributed by atoms with Crippen LogP contribution in [0.25, 0.3) is 0 Å². The third kappa shape index (κ3) is 3.58. The quantitative estimate of drug-likeness (QED) is 0.760. The summed E-state index contributed by atoms with van der Waals surface area (Å²) in [5.74, 6) is 0.555. The second-order valence-electron chi connectivity index (χ2n) is 4.26. The Bertz CT molecular complexity index is 561. The van der Waals surface area contributed by atoms with E-state index in [-0.39, 0.29) is 0 Å². The largest absolute Gasteiger partial charge is 0.488 e. The monoisotopic (exact) mass is 274 g/mol. The Morgan fingerprint density at radius 2 is 1.79 bits per heavy atom. The SMILES string of the molecule is CCc1ccc(COc2ccc(Cl)cc2C=O)cc1. The van der Waals surface area contributed by atoms with E-state index in [1.165, 1.54) is 5.56 Å². The Balaban J connectivity index is 2.07. The number of carbonyl (C=O) groups excluding carboxylic acids is 1. The fourth-order valence-corrected chi connectivity index (χ4v) is 1.96. The van der Waals surface area contributed by atoms with E-state index in [0.29, 0.717) is 22.9 Å². The highest BCUT2D eigenvalue weighted by Gasteiger charge is 2.04. The number of rotatable bonds is 5. The molecule has 0 fully saturated rings. The first-order chi connectivity index (χ1) is 9.22. The molecule has 0 aliphatic heterocycles. The van der Waals surface area contributed by atoms with Crippen molar-refractivity contribution in [3.8, 4) is 5.75 Å². The fraction of sp³-hybridized carbons (Fsp3) is 0.188. The Morgan fingerprint density at radius 1 is 1.11 bits per heavy atom. The van der Waals surface area contributed by atoms with E-state index < -0.39 is 0 Å². The number of halogens is 1. The predicted molar refractivity (Wildman–Crippen MR) is 77.0 cm³/mol. The van der Waals surface area contributed by atoms with Crippen LogP contribution in [0.15, 0.2) is 42.5 Å². The molecule has 0 amide bonds. The molecule has 0 unspecified atom stereocenters. The number of ether oxygens (including phenoxy) is 1. The third-order valence-corrected chi connectivity index (χ3v) is 3.16. The van der Waals surface area contributed by atoms with Gasteiger partial charge in [-0.2, -0.15) is 0 Å². The topological polar surface area (TPSA) is 26.3 Å². The second-order valence-corrected chi connectivity index (χ2v) is 4.70. The molecule has 0 aromatic heterocycles. The van der Waals surface area contributed by atoms with Crippen LogP contribution in [0.4, 0.5) is 0 Å². The minimum Gasteiger partial charge on any atom is -0.488 e. The van der Waals surface area contributed by atoms with Crippen LogP contribution in [0.3, 0.4) is 0 Å². The van der Waals surface area contributed by atoms with E-state index >= 15 is 0 Å². The van der Waals surface area contributed by atoms with Crippen molar-refractivity contribution in [2.75, 3.05) is 0 Å². The average Bonchev–Trinajstić information content (AvgIpc) is 2.46. The molecule has 0 radical (unpaired) electrons. The predicted octanol–water partition coefficient (Wildman–Crippen LogP) is 4.29. The summed E-state index contributed by atoms with van der Waals surface area (Å²) in [6.07, 6.45) is 1.77. The van der Waals surface area contributed by atoms with Crippen molar-refractivity contribution < 1.29 is 9.53 Å². The summed E-state index contributed by atoms with van der Waals surface area (Å²) in [6, 6.07) is 13.3. The zero-order valence-corrected chi connectivity index (χ0v) is 11.5. The van der Waals surface area contributed by atoms with Gasteiger partial charge in [-0.15, -0.1) is 0 Å². The van der Waals surface area contributed by atoms with Crippen molar-refractivity contribution in [3.63, 3.8) is 0 Å². The van der Waals surface area contributed by atoms with Gasteiger partial charge in [-0.3, -0.25) is 4.79 Å². The van der Waals surface area contributed by atoms with Crippen LogP contribution in [-0.4, -0.2) is 6.29 Å². The van der Waals surface area contributed by atoms with Gasteiger partial charge in [-0.05, 0) is 35.7 Å². The number of benzene rings is 2. The lowest BCUT2D eigenvalue weighted by molar-refractivity contribution is 0.111. The van der Waals surface area contributed by atoms with Crippen molar-refractivity contribution in [1.29, 1.82) is 0 Å². The zero-order valence-electron chi connectivity index (χ0n) is 10.7. The molecule has 0 heterocycles. The summed E-state index contributed by atoms with van der Waals surface area (Å²) in [5, 5.41) is 0.529. The lowest BCUT2D eigenvalue weighted by Crippen LogP contribution is -1.98. The Kier molecular flexibility index (Phi) is 4.58. The molecule has 98 valence electrons. The first kappa shape index (κ1) is 13.6. The highest BCUT2D eigenvalue weighted by atomic mass is 35.5. The van der Waals surface area contributed by atoms with Gasteiger partial charge in [0.1, 0.15) is 12.4 Å². The summed E-state index contributed by atoms with van der Waals surface area (Å²) in [4.78, 5) is 10.9. The molecule has 19 heavy (non-hydrogen) atoms. The van der Waals surface area contributed by atoms with E-state index in [1.807, 2.05) is 12.1 Å². The molecule has 2 aromatic rings. The van der Waals surface area contributed by atoms with Gasteiger partial charge in [-0.25, -0.2) is 0 Å². The normalized spacial score (nSPS) is 10.2. The molecule has 0 saturated heterocycles. The summed E-state index contributed by atoms with van der Waals surface area (Å²) < 4.78 is 5.65. The summed E-state index contributed by atoms with van der Waals surface area (Å²) in [5.41, 5.74) is 2.84.